The van der Waals surface area contributed by atoms with Gasteiger partial charge >= 0.3 is 0 Å². The van der Waals surface area contributed by atoms with Crippen molar-refractivity contribution >= 4 is 29.2 Å². The molecule has 1 aromatic heterocycles. The number of benzene rings is 1. The number of nitrogens with zero attached hydrogens (tertiary/aromatic N) is 4. The lowest BCUT2D eigenvalue weighted by Crippen LogP contribution is -2.40. The van der Waals surface area contributed by atoms with Gasteiger partial charge in [0.2, 0.25) is 0 Å². The number of hydrogen-bond donors (Lipinski definition) is 1. The normalized spacial score (nSPS) is 22.9. The van der Waals surface area contributed by atoms with Crippen molar-refractivity contribution in [3.8, 4) is 0 Å². The Hall–Kier alpha value is -2.12. The highest BCUT2D eigenvalue weighted by Crippen LogP contribution is 2.30. The lowest BCUT2D eigenvalue weighted by Gasteiger charge is -2.27. The minimum absolute atomic E-state index is 0.237. The molecule has 1 amide bonds. The van der Waals surface area contributed by atoms with E-state index in [-0.39, 0.29) is 5.91 Å². The Balaban J connectivity index is 1.42. The second kappa shape index (κ2) is 8.27. The van der Waals surface area contributed by atoms with E-state index in [4.69, 9.17) is 0 Å². The van der Waals surface area contributed by atoms with E-state index in [1.165, 1.54) is 25.9 Å². The van der Waals surface area contributed by atoms with Crippen LogP contribution in [0, 0.1) is 0 Å². The molecule has 0 saturated carbocycles. The zero-order valence-corrected chi connectivity index (χ0v) is 16.4. The second-order valence-corrected chi connectivity index (χ2v) is 8.16. The van der Waals surface area contributed by atoms with Crippen LogP contribution in [0.2, 0.25) is 0 Å². The van der Waals surface area contributed by atoms with Crippen molar-refractivity contribution in [1.82, 2.24) is 15.1 Å². The number of amides is 1. The predicted molar refractivity (Wildman–Crippen MR) is 111 cm³/mol. The topological polar surface area (TPSA) is 61.4 Å². The molecule has 0 radical (unpaired) electrons. The quantitative estimate of drug-likeness (QED) is 0.857. The van der Waals surface area contributed by atoms with Gasteiger partial charge in [-0.15, -0.1) is 10.2 Å². The van der Waals surface area contributed by atoms with Crippen LogP contribution in [-0.2, 0) is 0 Å². The van der Waals surface area contributed by atoms with Crippen LogP contribution >= 0.6 is 11.8 Å². The first kappa shape index (κ1) is 18.3. The highest BCUT2D eigenvalue weighted by molar-refractivity contribution is 7.99. The number of nitrogens with one attached hydrogen (secondary N) is 1. The molecule has 2 saturated heterocycles. The van der Waals surface area contributed by atoms with Crippen molar-refractivity contribution in [2.45, 2.75) is 24.1 Å². The monoisotopic (exact) mass is 383 g/mol. The third-order valence-corrected chi connectivity index (χ3v) is 6.46. The van der Waals surface area contributed by atoms with Gasteiger partial charge in [0.05, 0.1) is 0 Å². The van der Waals surface area contributed by atoms with Gasteiger partial charge in [0, 0.05) is 30.1 Å². The third-order valence-electron chi connectivity index (χ3n) is 5.39. The molecule has 2 aliphatic rings. The van der Waals surface area contributed by atoms with Crippen LogP contribution in [0.4, 0.5) is 11.5 Å². The molecular weight excluding hydrogens is 358 g/mol. The Morgan fingerprint density at radius 3 is 2.52 bits per heavy atom. The Kier molecular flexibility index (Phi) is 5.59. The van der Waals surface area contributed by atoms with Gasteiger partial charge in [0.25, 0.3) is 5.91 Å². The molecular formula is C20H25N5OS. The van der Waals surface area contributed by atoms with Crippen molar-refractivity contribution in [2.24, 2.45) is 0 Å². The molecule has 1 N–H and O–H groups in total. The average Bonchev–Trinajstić information content (AvgIpc) is 3.38. The number of para-hydroxylation sites is 1. The van der Waals surface area contributed by atoms with Gasteiger partial charge in [-0.05, 0) is 56.5 Å². The highest BCUT2D eigenvalue weighted by Gasteiger charge is 2.37. The van der Waals surface area contributed by atoms with E-state index in [1.54, 1.807) is 6.07 Å². The van der Waals surface area contributed by atoms with E-state index in [0.717, 1.165) is 24.6 Å². The van der Waals surface area contributed by atoms with Crippen LogP contribution in [0.1, 0.15) is 23.3 Å². The summed E-state index contributed by atoms with van der Waals surface area (Å²) in [6, 6.07) is 13.6. The maximum atomic E-state index is 12.3. The molecule has 2 aliphatic heterocycles. The van der Waals surface area contributed by atoms with Gasteiger partial charge in [-0.2, -0.15) is 11.8 Å². The van der Waals surface area contributed by atoms with Crippen molar-refractivity contribution in [1.29, 1.82) is 0 Å². The van der Waals surface area contributed by atoms with Crippen molar-refractivity contribution in [2.75, 3.05) is 42.7 Å². The number of anilines is 2. The Bertz CT molecular complexity index is 764. The van der Waals surface area contributed by atoms with Crippen LogP contribution in [0.3, 0.4) is 0 Å². The smallest absolute Gasteiger partial charge is 0.276 e. The molecule has 7 heteroatoms. The van der Waals surface area contributed by atoms with Crippen LogP contribution in [0.5, 0.6) is 0 Å². The minimum Gasteiger partial charge on any atom is -0.352 e. The van der Waals surface area contributed by atoms with Gasteiger partial charge in [-0.1, -0.05) is 18.2 Å². The zero-order chi connectivity index (χ0) is 18.6. The molecule has 0 bridgehead atoms. The third kappa shape index (κ3) is 4.09. The molecule has 2 fully saturated rings. The summed E-state index contributed by atoms with van der Waals surface area (Å²) < 4.78 is 0. The SMILES string of the molecule is CSC1CN(c2ccc(C(=O)Nc3ccccc3)nn2)CC1N1CCCC1. The van der Waals surface area contributed by atoms with Crippen molar-refractivity contribution in [3.63, 3.8) is 0 Å². The first-order valence-corrected chi connectivity index (χ1v) is 10.8. The van der Waals surface area contributed by atoms with Crippen molar-refractivity contribution in [3.05, 3.63) is 48.2 Å². The molecule has 2 aromatic rings. The summed E-state index contributed by atoms with van der Waals surface area (Å²) >= 11 is 1.94. The summed E-state index contributed by atoms with van der Waals surface area (Å²) in [5.74, 6) is 0.616. The standard InChI is InChI=1S/C20H25N5OS/c1-27-18-14-25(13-17(18)24-11-5-6-12-24)19-10-9-16(22-23-19)20(26)21-15-7-3-2-4-8-15/h2-4,7-10,17-18H,5-6,11-14H2,1H3,(H,21,26). The van der Waals surface area contributed by atoms with Crippen LogP contribution in [0.25, 0.3) is 0 Å². The van der Waals surface area contributed by atoms with Gasteiger partial charge in [0.1, 0.15) is 0 Å². The maximum absolute atomic E-state index is 12.3. The van der Waals surface area contributed by atoms with Gasteiger partial charge < -0.3 is 10.2 Å². The van der Waals surface area contributed by atoms with Crippen LogP contribution < -0.4 is 10.2 Å². The number of carbonyl (C=O) groups is 1. The Labute approximate surface area is 164 Å². The molecule has 2 unspecified atom stereocenters. The molecule has 0 spiro atoms. The van der Waals surface area contributed by atoms with E-state index in [0.29, 0.717) is 17.0 Å². The largest absolute Gasteiger partial charge is 0.352 e. The maximum Gasteiger partial charge on any atom is 0.276 e. The summed E-state index contributed by atoms with van der Waals surface area (Å²) in [7, 11) is 0. The van der Waals surface area contributed by atoms with E-state index in [2.05, 4.69) is 31.6 Å². The van der Waals surface area contributed by atoms with E-state index < -0.39 is 0 Å². The number of rotatable bonds is 5. The summed E-state index contributed by atoms with van der Waals surface area (Å²) in [4.78, 5) is 17.3. The number of aromatic nitrogens is 2. The van der Waals surface area contributed by atoms with E-state index in [9.17, 15) is 4.79 Å². The summed E-state index contributed by atoms with van der Waals surface area (Å²) in [6.45, 7) is 4.38. The van der Waals surface area contributed by atoms with Crippen LogP contribution in [-0.4, -0.2) is 64.7 Å². The van der Waals surface area contributed by atoms with Gasteiger partial charge in [0.15, 0.2) is 11.5 Å². The zero-order valence-electron chi connectivity index (χ0n) is 15.5. The summed E-state index contributed by atoms with van der Waals surface area (Å²) in [5.41, 5.74) is 1.09. The van der Waals surface area contributed by atoms with Gasteiger partial charge in [-0.3, -0.25) is 9.69 Å². The number of thioether (sulfide) groups is 1. The van der Waals surface area contributed by atoms with Gasteiger partial charge in [-0.25, -0.2) is 0 Å². The van der Waals surface area contributed by atoms with Crippen LogP contribution in [0.15, 0.2) is 42.5 Å². The first-order chi connectivity index (χ1) is 13.2. The fourth-order valence-electron chi connectivity index (χ4n) is 3.93. The fourth-order valence-corrected chi connectivity index (χ4v) is 4.83. The fraction of sp³-hybridized carbons (Fsp3) is 0.450. The molecule has 4 rings (SSSR count). The molecule has 2 atom stereocenters. The number of likely N-dealkylation sites (tertiary alicyclic amines) is 1. The molecule has 27 heavy (non-hydrogen) atoms. The first-order valence-electron chi connectivity index (χ1n) is 9.46. The molecule has 1 aromatic carbocycles. The minimum atomic E-state index is -0.237. The molecule has 142 valence electrons. The Morgan fingerprint density at radius 2 is 1.85 bits per heavy atom. The number of carbonyl (C=O) groups excluding carboxylic acids is 1. The molecule has 0 aliphatic carbocycles. The lowest BCUT2D eigenvalue weighted by atomic mass is 10.2. The van der Waals surface area contributed by atoms with E-state index >= 15 is 0 Å². The van der Waals surface area contributed by atoms with Crippen molar-refractivity contribution < 1.29 is 4.79 Å². The second-order valence-electron chi connectivity index (χ2n) is 7.09. The molecule has 3 heterocycles. The average molecular weight is 384 g/mol. The summed E-state index contributed by atoms with van der Waals surface area (Å²) in [6.07, 6.45) is 4.81. The van der Waals surface area contributed by atoms with E-state index in [1.807, 2.05) is 48.2 Å². The lowest BCUT2D eigenvalue weighted by molar-refractivity contribution is 0.102. The Morgan fingerprint density at radius 1 is 1.07 bits per heavy atom. The predicted octanol–water partition coefficient (Wildman–Crippen LogP) is 2.74. The molecule has 6 nitrogen and oxygen atoms in total. The summed E-state index contributed by atoms with van der Waals surface area (Å²) in [5, 5.41) is 11.9. The number of hydrogen-bond acceptors (Lipinski definition) is 6. The highest BCUT2D eigenvalue weighted by atomic mass is 32.2.